The van der Waals surface area contributed by atoms with Gasteiger partial charge in [-0.25, -0.2) is 9.78 Å². The standard InChI is InChI=1S/C17H14N4O6/c1-2-25-16-13(4-3-9-18-16)17(22)26-10-14-19-15(20-27-14)11-5-7-12(8-6-11)21(23)24/h3-9H,2,10H2,1H3. The van der Waals surface area contributed by atoms with Crippen molar-refractivity contribution in [3.05, 3.63) is 64.2 Å². The van der Waals surface area contributed by atoms with Crippen LogP contribution in [0.4, 0.5) is 5.69 Å². The number of ether oxygens (including phenoxy) is 2. The highest BCUT2D eigenvalue weighted by Gasteiger charge is 2.17. The molecule has 0 saturated heterocycles. The molecule has 138 valence electrons. The fraction of sp³-hybridized carbons (Fsp3) is 0.176. The van der Waals surface area contributed by atoms with Gasteiger partial charge in [-0.15, -0.1) is 0 Å². The van der Waals surface area contributed by atoms with E-state index in [0.717, 1.165) is 0 Å². The van der Waals surface area contributed by atoms with E-state index in [-0.39, 0.29) is 35.5 Å². The molecule has 2 aromatic heterocycles. The Morgan fingerprint density at radius 3 is 2.74 bits per heavy atom. The maximum Gasteiger partial charge on any atom is 0.344 e. The maximum atomic E-state index is 12.2. The summed E-state index contributed by atoms with van der Waals surface area (Å²) in [5.74, 6) is -0.144. The third-order valence-electron chi connectivity index (χ3n) is 3.40. The summed E-state index contributed by atoms with van der Waals surface area (Å²) in [6, 6.07) is 8.81. The number of aromatic nitrogens is 3. The molecule has 0 amide bonds. The number of hydrogen-bond acceptors (Lipinski definition) is 9. The smallest absolute Gasteiger partial charge is 0.344 e. The van der Waals surface area contributed by atoms with Crippen LogP contribution in [0, 0.1) is 10.1 Å². The van der Waals surface area contributed by atoms with E-state index in [1.807, 2.05) is 0 Å². The van der Waals surface area contributed by atoms with E-state index in [4.69, 9.17) is 14.0 Å². The lowest BCUT2D eigenvalue weighted by atomic mass is 10.2. The first kappa shape index (κ1) is 18.0. The third kappa shape index (κ3) is 4.24. The highest BCUT2D eigenvalue weighted by atomic mass is 16.6. The molecule has 0 aliphatic rings. The monoisotopic (exact) mass is 370 g/mol. The Morgan fingerprint density at radius 2 is 2.04 bits per heavy atom. The predicted octanol–water partition coefficient (Wildman–Crippen LogP) is 2.80. The Bertz CT molecular complexity index is 954. The predicted molar refractivity (Wildman–Crippen MR) is 90.9 cm³/mol. The topological polar surface area (TPSA) is 130 Å². The fourth-order valence-corrected chi connectivity index (χ4v) is 2.17. The van der Waals surface area contributed by atoms with Crippen LogP contribution in [0.25, 0.3) is 11.4 Å². The van der Waals surface area contributed by atoms with Gasteiger partial charge in [-0.1, -0.05) is 5.16 Å². The van der Waals surface area contributed by atoms with Crippen molar-refractivity contribution in [3.63, 3.8) is 0 Å². The molecule has 3 aromatic rings. The van der Waals surface area contributed by atoms with Gasteiger partial charge in [-0.2, -0.15) is 4.98 Å². The first-order chi connectivity index (χ1) is 13.1. The number of carbonyl (C=O) groups is 1. The number of benzene rings is 1. The summed E-state index contributed by atoms with van der Waals surface area (Å²) in [5, 5.41) is 14.5. The molecule has 0 aliphatic carbocycles. The number of hydrogen-bond donors (Lipinski definition) is 0. The van der Waals surface area contributed by atoms with Gasteiger partial charge < -0.3 is 14.0 Å². The molecule has 0 fully saturated rings. The van der Waals surface area contributed by atoms with Gasteiger partial charge in [-0.05, 0) is 31.2 Å². The third-order valence-corrected chi connectivity index (χ3v) is 3.40. The zero-order valence-electron chi connectivity index (χ0n) is 14.2. The van der Waals surface area contributed by atoms with Crippen molar-refractivity contribution >= 4 is 11.7 Å². The molecule has 0 atom stereocenters. The Balaban J connectivity index is 1.66. The van der Waals surface area contributed by atoms with E-state index in [1.54, 1.807) is 13.0 Å². The van der Waals surface area contributed by atoms with Crippen LogP contribution < -0.4 is 4.74 Å². The van der Waals surface area contributed by atoms with Crippen LogP contribution in [0.2, 0.25) is 0 Å². The number of nitro benzene ring substituents is 1. The van der Waals surface area contributed by atoms with Gasteiger partial charge in [0.25, 0.3) is 11.6 Å². The Hall–Kier alpha value is -3.82. The number of nitro groups is 1. The molecule has 0 spiro atoms. The van der Waals surface area contributed by atoms with Gasteiger partial charge in [0.05, 0.1) is 11.5 Å². The number of esters is 1. The van der Waals surface area contributed by atoms with Crippen LogP contribution in [-0.4, -0.2) is 32.6 Å². The van der Waals surface area contributed by atoms with E-state index >= 15 is 0 Å². The van der Waals surface area contributed by atoms with Crippen LogP contribution in [0.15, 0.2) is 47.1 Å². The molecule has 27 heavy (non-hydrogen) atoms. The highest BCUT2D eigenvalue weighted by molar-refractivity contribution is 5.91. The average Bonchev–Trinajstić information content (AvgIpc) is 3.16. The van der Waals surface area contributed by atoms with Gasteiger partial charge in [0, 0.05) is 23.9 Å². The lowest BCUT2D eigenvalue weighted by Crippen LogP contribution is -2.09. The maximum absolute atomic E-state index is 12.2. The molecule has 10 nitrogen and oxygen atoms in total. The molecule has 10 heteroatoms. The van der Waals surface area contributed by atoms with Crippen molar-refractivity contribution in [1.29, 1.82) is 0 Å². The number of carbonyl (C=O) groups excluding carboxylic acids is 1. The molecule has 1 aromatic carbocycles. The molecule has 3 rings (SSSR count). The SMILES string of the molecule is CCOc1ncccc1C(=O)OCc1nc(-c2ccc([N+](=O)[O-])cc2)no1. The number of nitrogens with zero attached hydrogens (tertiary/aromatic N) is 4. The fourth-order valence-electron chi connectivity index (χ4n) is 2.17. The van der Waals surface area contributed by atoms with Crippen LogP contribution in [0.5, 0.6) is 5.88 Å². The molecule has 2 heterocycles. The minimum atomic E-state index is -0.637. The Kier molecular flexibility index (Phi) is 5.36. The van der Waals surface area contributed by atoms with Crippen LogP contribution in [0.1, 0.15) is 23.2 Å². The molecule has 0 unspecified atom stereocenters. The quantitative estimate of drug-likeness (QED) is 0.350. The average molecular weight is 370 g/mol. The van der Waals surface area contributed by atoms with Crippen molar-refractivity contribution in [2.75, 3.05) is 6.61 Å². The molecule has 0 radical (unpaired) electrons. The van der Waals surface area contributed by atoms with Gasteiger partial charge >= 0.3 is 5.97 Å². The lowest BCUT2D eigenvalue weighted by Gasteiger charge is -2.07. The second-order valence-electron chi connectivity index (χ2n) is 5.18. The number of non-ortho nitro benzene ring substituents is 1. The van der Waals surface area contributed by atoms with E-state index in [1.165, 1.54) is 36.5 Å². The van der Waals surface area contributed by atoms with E-state index in [0.29, 0.717) is 12.2 Å². The van der Waals surface area contributed by atoms with Crippen molar-refractivity contribution in [2.45, 2.75) is 13.5 Å². The summed E-state index contributed by atoms with van der Waals surface area (Å²) in [6.07, 6.45) is 1.51. The second-order valence-corrected chi connectivity index (χ2v) is 5.18. The van der Waals surface area contributed by atoms with Crippen molar-refractivity contribution < 1.29 is 23.7 Å². The summed E-state index contributed by atoms with van der Waals surface area (Å²) in [5.41, 5.74) is 0.681. The zero-order chi connectivity index (χ0) is 19.2. The first-order valence-electron chi connectivity index (χ1n) is 7.91. The number of rotatable bonds is 7. The largest absolute Gasteiger partial charge is 0.477 e. The lowest BCUT2D eigenvalue weighted by molar-refractivity contribution is -0.384. The summed E-state index contributed by atoms with van der Waals surface area (Å²) in [6.45, 7) is 1.90. The van der Waals surface area contributed by atoms with Crippen LogP contribution in [-0.2, 0) is 11.3 Å². The van der Waals surface area contributed by atoms with Crippen molar-refractivity contribution in [3.8, 4) is 17.3 Å². The molecule has 0 N–H and O–H groups in total. The molecular formula is C17H14N4O6. The Morgan fingerprint density at radius 1 is 1.26 bits per heavy atom. The minimum Gasteiger partial charge on any atom is -0.477 e. The zero-order valence-corrected chi connectivity index (χ0v) is 14.2. The summed E-state index contributed by atoms with van der Waals surface area (Å²) >= 11 is 0. The summed E-state index contributed by atoms with van der Waals surface area (Å²) in [4.78, 5) is 30.5. The number of pyridine rings is 1. The highest BCUT2D eigenvalue weighted by Crippen LogP contribution is 2.20. The van der Waals surface area contributed by atoms with Gasteiger partial charge in [-0.3, -0.25) is 10.1 Å². The van der Waals surface area contributed by atoms with Crippen molar-refractivity contribution in [2.24, 2.45) is 0 Å². The molecule has 0 aliphatic heterocycles. The second kappa shape index (κ2) is 8.04. The van der Waals surface area contributed by atoms with Crippen LogP contribution in [0.3, 0.4) is 0 Å². The van der Waals surface area contributed by atoms with Crippen molar-refractivity contribution in [1.82, 2.24) is 15.1 Å². The summed E-state index contributed by atoms with van der Waals surface area (Å²) < 4.78 is 15.5. The van der Waals surface area contributed by atoms with E-state index < -0.39 is 10.9 Å². The molecule has 0 saturated carbocycles. The summed E-state index contributed by atoms with van der Waals surface area (Å²) in [7, 11) is 0. The van der Waals surface area contributed by atoms with E-state index in [9.17, 15) is 14.9 Å². The van der Waals surface area contributed by atoms with Crippen LogP contribution >= 0.6 is 0 Å². The van der Waals surface area contributed by atoms with E-state index in [2.05, 4.69) is 15.1 Å². The molecule has 0 bridgehead atoms. The van der Waals surface area contributed by atoms with Gasteiger partial charge in [0.15, 0.2) is 6.61 Å². The molecular weight excluding hydrogens is 356 g/mol. The minimum absolute atomic E-state index is 0.0435. The Labute approximate surface area is 152 Å². The van der Waals surface area contributed by atoms with Gasteiger partial charge in [0.1, 0.15) is 5.56 Å². The first-order valence-corrected chi connectivity index (χ1v) is 7.91. The van der Waals surface area contributed by atoms with Gasteiger partial charge in [0.2, 0.25) is 11.7 Å². The normalized spacial score (nSPS) is 10.4.